The molecule has 17 heavy (non-hydrogen) atoms. The Kier molecular flexibility index (Phi) is 4.58. The first kappa shape index (κ1) is 14.5. The number of hydrogen-bond donors (Lipinski definition) is 1. The highest BCUT2D eigenvalue weighted by molar-refractivity contribution is 9.10. The van der Waals surface area contributed by atoms with Crippen LogP contribution in [0.5, 0.6) is 0 Å². The fourth-order valence-electron chi connectivity index (χ4n) is 1.28. The highest BCUT2D eigenvalue weighted by Crippen LogP contribution is 2.24. The van der Waals surface area contributed by atoms with Crippen molar-refractivity contribution in [3.05, 3.63) is 33.3 Å². The molecule has 0 radical (unpaired) electrons. The third kappa shape index (κ3) is 3.44. The molecule has 0 heterocycles. The molecule has 1 N–H and O–H groups in total. The van der Waals surface area contributed by atoms with Gasteiger partial charge in [0, 0.05) is 16.0 Å². The van der Waals surface area contributed by atoms with E-state index in [9.17, 15) is 4.79 Å². The minimum Gasteiger partial charge on any atom is -0.480 e. The topological polar surface area (TPSA) is 40.5 Å². The molecular weight excluding hydrogens is 305 g/mol. The van der Waals surface area contributed by atoms with Gasteiger partial charge in [0.1, 0.15) is 5.54 Å². The predicted octanol–water partition coefficient (Wildman–Crippen LogP) is 3.40. The van der Waals surface area contributed by atoms with Crippen LogP contribution in [0.4, 0.5) is 0 Å². The van der Waals surface area contributed by atoms with Gasteiger partial charge >= 0.3 is 5.97 Å². The Labute approximate surface area is 115 Å². The summed E-state index contributed by atoms with van der Waals surface area (Å²) in [6.07, 6.45) is 0. The molecule has 0 saturated carbocycles. The molecule has 0 bridgehead atoms. The summed E-state index contributed by atoms with van der Waals surface area (Å²) in [6, 6.07) is 5.48. The molecule has 3 nitrogen and oxygen atoms in total. The average molecular weight is 321 g/mol. The van der Waals surface area contributed by atoms with E-state index in [1.807, 2.05) is 12.1 Å². The maximum atomic E-state index is 11.1. The second-order valence-electron chi connectivity index (χ2n) is 4.46. The molecule has 0 unspecified atom stereocenters. The van der Waals surface area contributed by atoms with E-state index >= 15 is 0 Å². The Balaban J connectivity index is 2.91. The first-order valence-electron chi connectivity index (χ1n) is 5.13. The Morgan fingerprint density at radius 2 is 2.12 bits per heavy atom. The van der Waals surface area contributed by atoms with Gasteiger partial charge in [-0.2, -0.15) is 0 Å². The van der Waals surface area contributed by atoms with Crippen LogP contribution in [0, 0.1) is 0 Å². The standard InChI is InChI=1S/C12H15BrClNO2/c1-12(2,11(16)17)15(3)7-8-6-9(14)4-5-10(8)13/h4-6H,7H2,1-3H3,(H,16,17). The van der Waals surface area contributed by atoms with E-state index in [2.05, 4.69) is 15.9 Å². The Bertz CT molecular complexity index is 435. The molecule has 0 aromatic heterocycles. The second kappa shape index (κ2) is 5.38. The zero-order valence-electron chi connectivity index (χ0n) is 10.00. The molecule has 0 aliphatic rings. The number of aliphatic carboxylic acids is 1. The Hall–Kier alpha value is -0.580. The van der Waals surface area contributed by atoms with Crippen LogP contribution in [0.25, 0.3) is 0 Å². The number of carboxylic acid groups (broad SMARTS) is 1. The molecule has 0 saturated heterocycles. The van der Waals surface area contributed by atoms with Crippen LogP contribution in [0.2, 0.25) is 5.02 Å². The molecule has 0 amide bonds. The number of benzene rings is 1. The SMILES string of the molecule is CN(Cc1cc(Cl)ccc1Br)C(C)(C)C(=O)O. The fourth-order valence-corrected chi connectivity index (χ4v) is 1.85. The summed E-state index contributed by atoms with van der Waals surface area (Å²) in [6.45, 7) is 3.86. The highest BCUT2D eigenvalue weighted by atomic mass is 79.9. The van der Waals surface area contributed by atoms with Gasteiger partial charge in [-0.25, -0.2) is 0 Å². The zero-order valence-corrected chi connectivity index (χ0v) is 12.3. The summed E-state index contributed by atoms with van der Waals surface area (Å²) in [7, 11) is 1.78. The lowest BCUT2D eigenvalue weighted by molar-refractivity contribution is -0.148. The van der Waals surface area contributed by atoms with Crippen molar-refractivity contribution in [1.82, 2.24) is 4.90 Å². The van der Waals surface area contributed by atoms with Gasteiger partial charge in [0.15, 0.2) is 0 Å². The molecule has 0 atom stereocenters. The van der Waals surface area contributed by atoms with Gasteiger partial charge in [0.25, 0.3) is 0 Å². The number of nitrogens with zero attached hydrogens (tertiary/aromatic N) is 1. The van der Waals surface area contributed by atoms with E-state index in [0.29, 0.717) is 11.6 Å². The van der Waals surface area contributed by atoms with E-state index < -0.39 is 11.5 Å². The van der Waals surface area contributed by atoms with Gasteiger partial charge in [0.05, 0.1) is 0 Å². The number of carboxylic acids is 1. The summed E-state index contributed by atoms with van der Waals surface area (Å²) in [5, 5.41) is 9.78. The van der Waals surface area contributed by atoms with Crippen molar-refractivity contribution in [2.75, 3.05) is 7.05 Å². The largest absolute Gasteiger partial charge is 0.480 e. The third-order valence-corrected chi connectivity index (χ3v) is 3.90. The van der Waals surface area contributed by atoms with Crippen LogP contribution >= 0.6 is 27.5 Å². The molecule has 5 heteroatoms. The molecule has 0 aliphatic heterocycles. The van der Waals surface area contributed by atoms with Crippen molar-refractivity contribution < 1.29 is 9.90 Å². The monoisotopic (exact) mass is 319 g/mol. The van der Waals surface area contributed by atoms with Crippen molar-refractivity contribution in [2.24, 2.45) is 0 Å². The van der Waals surface area contributed by atoms with Crippen LogP contribution in [0.1, 0.15) is 19.4 Å². The summed E-state index contributed by atoms with van der Waals surface area (Å²) in [5.74, 6) is -0.849. The van der Waals surface area contributed by atoms with Crippen LogP contribution in [-0.2, 0) is 11.3 Å². The van der Waals surface area contributed by atoms with Crippen molar-refractivity contribution in [3.8, 4) is 0 Å². The summed E-state index contributed by atoms with van der Waals surface area (Å²) >= 11 is 9.35. The first-order chi connectivity index (χ1) is 7.75. The van der Waals surface area contributed by atoms with Gasteiger partial charge < -0.3 is 5.11 Å². The lowest BCUT2D eigenvalue weighted by atomic mass is 10.0. The van der Waals surface area contributed by atoms with Crippen LogP contribution in [0.3, 0.4) is 0 Å². The number of likely N-dealkylation sites (N-methyl/N-ethyl adjacent to an activating group) is 1. The van der Waals surface area contributed by atoms with E-state index in [1.165, 1.54) is 0 Å². The van der Waals surface area contributed by atoms with Crippen LogP contribution in [-0.4, -0.2) is 28.6 Å². The van der Waals surface area contributed by atoms with E-state index in [1.54, 1.807) is 31.9 Å². The number of halogens is 2. The summed E-state index contributed by atoms with van der Waals surface area (Å²) < 4.78 is 0.926. The lowest BCUT2D eigenvalue weighted by Gasteiger charge is -2.31. The van der Waals surface area contributed by atoms with Crippen LogP contribution in [0.15, 0.2) is 22.7 Å². The first-order valence-corrected chi connectivity index (χ1v) is 6.31. The van der Waals surface area contributed by atoms with Gasteiger partial charge in [-0.15, -0.1) is 0 Å². The van der Waals surface area contributed by atoms with Gasteiger partial charge in [-0.1, -0.05) is 27.5 Å². The van der Waals surface area contributed by atoms with E-state index in [4.69, 9.17) is 16.7 Å². The minimum absolute atomic E-state index is 0.514. The molecule has 0 aliphatic carbocycles. The molecule has 1 rings (SSSR count). The molecular formula is C12H15BrClNO2. The molecule has 94 valence electrons. The van der Waals surface area contributed by atoms with Gasteiger partial charge in [0.2, 0.25) is 0 Å². The molecule has 0 fully saturated rings. The summed E-state index contributed by atoms with van der Waals surface area (Å²) in [5.41, 5.74) is 0.0520. The van der Waals surface area contributed by atoms with Crippen molar-refractivity contribution >= 4 is 33.5 Å². The zero-order chi connectivity index (χ0) is 13.2. The molecule has 0 spiro atoms. The number of rotatable bonds is 4. The average Bonchev–Trinajstić information content (AvgIpc) is 2.23. The van der Waals surface area contributed by atoms with Crippen molar-refractivity contribution in [1.29, 1.82) is 0 Å². The van der Waals surface area contributed by atoms with E-state index in [-0.39, 0.29) is 0 Å². The number of hydrogen-bond acceptors (Lipinski definition) is 2. The Morgan fingerprint density at radius 3 is 2.65 bits per heavy atom. The van der Waals surface area contributed by atoms with Gasteiger partial charge in [-0.05, 0) is 44.7 Å². The Morgan fingerprint density at radius 1 is 1.53 bits per heavy atom. The maximum Gasteiger partial charge on any atom is 0.323 e. The van der Waals surface area contributed by atoms with Gasteiger partial charge in [-0.3, -0.25) is 9.69 Å². The van der Waals surface area contributed by atoms with Crippen molar-refractivity contribution in [3.63, 3.8) is 0 Å². The quantitative estimate of drug-likeness (QED) is 0.924. The second-order valence-corrected chi connectivity index (χ2v) is 5.75. The normalized spacial score (nSPS) is 11.9. The smallest absolute Gasteiger partial charge is 0.323 e. The van der Waals surface area contributed by atoms with Crippen LogP contribution < -0.4 is 0 Å². The van der Waals surface area contributed by atoms with Crippen molar-refractivity contribution in [2.45, 2.75) is 25.9 Å². The fraction of sp³-hybridized carbons (Fsp3) is 0.417. The maximum absolute atomic E-state index is 11.1. The minimum atomic E-state index is -0.915. The number of carbonyl (C=O) groups is 1. The third-order valence-electron chi connectivity index (χ3n) is 2.89. The predicted molar refractivity (Wildman–Crippen MR) is 72.3 cm³/mol. The lowest BCUT2D eigenvalue weighted by Crippen LogP contribution is -2.47. The molecule has 1 aromatic carbocycles. The summed E-state index contributed by atoms with van der Waals surface area (Å²) in [4.78, 5) is 12.9. The van der Waals surface area contributed by atoms with E-state index in [0.717, 1.165) is 10.0 Å². The molecule has 1 aromatic rings. The highest BCUT2D eigenvalue weighted by Gasteiger charge is 2.32.